The highest BCUT2D eigenvalue weighted by atomic mass is 32.2. The molecular weight excluding hydrogens is 659 g/mol. The third kappa shape index (κ3) is 10.1. The lowest BCUT2D eigenvalue weighted by molar-refractivity contribution is -0.240. The van der Waals surface area contributed by atoms with Crippen LogP contribution in [0.1, 0.15) is 49.8 Å². The first kappa shape index (κ1) is 37.9. The van der Waals surface area contributed by atoms with Crippen LogP contribution in [0.3, 0.4) is 0 Å². The number of anilines is 1. The molecule has 4 rings (SSSR count). The molecule has 2 aliphatic heterocycles. The number of aliphatic hydroxyl groups is 3. The molecule has 266 valence electrons. The Morgan fingerprint density at radius 3 is 2.45 bits per heavy atom. The molecule has 5 N–H and O–H groups in total. The number of benzene rings is 2. The van der Waals surface area contributed by atoms with E-state index in [0.29, 0.717) is 42.6 Å². The maximum atomic E-state index is 13.6. The van der Waals surface area contributed by atoms with Crippen LogP contribution in [-0.2, 0) is 35.5 Å². The van der Waals surface area contributed by atoms with E-state index in [0.717, 1.165) is 11.8 Å². The van der Waals surface area contributed by atoms with Gasteiger partial charge in [0.15, 0.2) is 6.10 Å². The van der Waals surface area contributed by atoms with Crippen LogP contribution in [0.2, 0.25) is 0 Å². The molecule has 0 radical (unpaired) electrons. The number of amides is 1. The number of rotatable bonds is 16. The minimum Gasteiger partial charge on any atom is -0.479 e. The number of hydrogen-bond acceptors (Lipinski definition) is 9. The van der Waals surface area contributed by atoms with Crippen molar-refractivity contribution in [1.82, 2.24) is 4.72 Å². The highest BCUT2D eigenvalue weighted by Gasteiger charge is 2.48. The van der Waals surface area contributed by atoms with Gasteiger partial charge in [-0.05, 0) is 85.7 Å². The third-order valence-electron chi connectivity index (χ3n) is 8.51. The van der Waals surface area contributed by atoms with Crippen LogP contribution >= 0.6 is 0 Å². The van der Waals surface area contributed by atoms with Gasteiger partial charge < -0.3 is 34.8 Å². The van der Waals surface area contributed by atoms with Gasteiger partial charge in [0.1, 0.15) is 17.7 Å². The topological polar surface area (TPSA) is 183 Å². The lowest BCUT2D eigenvalue weighted by Crippen LogP contribution is -2.61. The predicted molar refractivity (Wildman–Crippen MR) is 179 cm³/mol. The number of nitrogens with one attached hydrogen (secondary N) is 1. The maximum absolute atomic E-state index is 13.6. The summed E-state index contributed by atoms with van der Waals surface area (Å²) in [6, 6.07) is 12.4. The lowest BCUT2D eigenvalue weighted by atomic mass is 9.78. The minimum atomic E-state index is -3.27. The van der Waals surface area contributed by atoms with E-state index in [-0.39, 0.29) is 24.5 Å². The quantitative estimate of drug-likeness (QED) is 0.0755. The Morgan fingerprint density at radius 2 is 1.84 bits per heavy atom. The van der Waals surface area contributed by atoms with Crippen molar-refractivity contribution in [3.8, 4) is 0 Å². The SMILES string of the molecule is C=C(/C=C\C(=C\C)O[C@H]1C[C@@H](O)[C@H](O)[C@@H](C(=O)O)O1)[C@H]1C(CC[C@H](O)c2ccc(F)cc2)C(=O)N1c1ccc(CCCNS(C)(=O)=O)cc1. The van der Waals surface area contributed by atoms with Crippen molar-refractivity contribution in [2.24, 2.45) is 5.92 Å². The minimum absolute atomic E-state index is 0.162. The van der Waals surface area contributed by atoms with Crippen LogP contribution in [0.15, 0.2) is 84.7 Å². The molecule has 1 amide bonds. The van der Waals surface area contributed by atoms with Gasteiger partial charge in [0.25, 0.3) is 0 Å². The summed E-state index contributed by atoms with van der Waals surface area (Å²) in [5.74, 6) is -2.28. The highest BCUT2D eigenvalue weighted by Crippen LogP contribution is 2.40. The zero-order valence-electron chi connectivity index (χ0n) is 27.3. The molecule has 49 heavy (non-hydrogen) atoms. The molecule has 2 aromatic carbocycles. The van der Waals surface area contributed by atoms with Crippen molar-refractivity contribution >= 4 is 27.6 Å². The average molecular weight is 703 g/mol. The van der Waals surface area contributed by atoms with Gasteiger partial charge in [0.2, 0.25) is 22.2 Å². The summed E-state index contributed by atoms with van der Waals surface area (Å²) in [4.78, 5) is 26.7. The summed E-state index contributed by atoms with van der Waals surface area (Å²) in [6.07, 6.45) is 0.867. The molecule has 2 fully saturated rings. The van der Waals surface area contributed by atoms with Gasteiger partial charge in [-0.2, -0.15) is 0 Å². The zero-order chi connectivity index (χ0) is 35.9. The van der Waals surface area contributed by atoms with Crippen molar-refractivity contribution in [2.45, 2.75) is 75.8 Å². The number of carbonyl (C=O) groups is 2. The Hall–Kier alpha value is -3.92. The van der Waals surface area contributed by atoms with Gasteiger partial charge in [0, 0.05) is 18.7 Å². The van der Waals surface area contributed by atoms with Crippen LogP contribution in [0.4, 0.5) is 10.1 Å². The Bertz CT molecular complexity index is 1650. The van der Waals surface area contributed by atoms with E-state index in [2.05, 4.69) is 11.3 Å². The molecule has 2 aliphatic rings. The molecule has 0 saturated carbocycles. The molecule has 2 heterocycles. The predicted octanol–water partition coefficient (Wildman–Crippen LogP) is 3.11. The molecular formula is C35H43FN2O10S. The Labute approximate surface area is 285 Å². The number of carbonyl (C=O) groups excluding carboxylic acids is 1. The summed E-state index contributed by atoms with van der Waals surface area (Å²) < 4.78 is 49.6. The number of aliphatic carboxylic acids is 1. The fourth-order valence-corrected chi connectivity index (χ4v) is 6.38. The van der Waals surface area contributed by atoms with Crippen molar-refractivity contribution in [3.05, 3.63) is 102 Å². The summed E-state index contributed by atoms with van der Waals surface area (Å²) in [5.41, 5.74) is 2.67. The van der Waals surface area contributed by atoms with E-state index < -0.39 is 64.5 Å². The normalized spacial score (nSPS) is 25.2. The average Bonchev–Trinajstić information content (AvgIpc) is 3.05. The summed E-state index contributed by atoms with van der Waals surface area (Å²) in [6.45, 7) is 6.21. The van der Waals surface area contributed by atoms with Crippen molar-refractivity contribution < 1.29 is 52.3 Å². The van der Waals surface area contributed by atoms with Crippen LogP contribution in [0, 0.1) is 11.7 Å². The van der Waals surface area contributed by atoms with Crippen molar-refractivity contribution in [1.29, 1.82) is 0 Å². The summed E-state index contributed by atoms with van der Waals surface area (Å²) in [5, 5.41) is 40.2. The summed E-state index contributed by atoms with van der Waals surface area (Å²) >= 11 is 0. The molecule has 0 bridgehead atoms. The van der Waals surface area contributed by atoms with E-state index in [9.17, 15) is 42.8 Å². The van der Waals surface area contributed by atoms with E-state index in [4.69, 9.17) is 9.47 Å². The van der Waals surface area contributed by atoms with Crippen molar-refractivity contribution in [2.75, 3.05) is 17.7 Å². The molecule has 0 aliphatic carbocycles. The van der Waals surface area contributed by atoms with E-state index >= 15 is 0 Å². The number of allylic oxidation sites excluding steroid dienone is 2. The fourth-order valence-electron chi connectivity index (χ4n) is 5.87. The van der Waals surface area contributed by atoms with Gasteiger partial charge in [-0.15, -0.1) is 0 Å². The fraction of sp³-hybridized carbons (Fsp3) is 0.429. The first-order valence-electron chi connectivity index (χ1n) is 15.9. The standard InChI is InChI=1S/C35H43FN2O10S/c1-4-26(47-30-20-29(40)32(41)33(48-30)35(43)44)16-7-21(2)31-27(17-18-28(39)23-10-12-24(36)13-11-23)34(42)38(31)25-14-8-22(9-15-25)6-5-19-37-49(3,45)46/h4,7-16,27-33,37,39-41H,2,5-6,17-20H2,1,3H3,(H,43,44)/b16-7-,26-4-/t27?,28-,29+,30+,31-,32-,33-/m0/s1. The number of carboxylic acid groups (broad SMARTS) is 1. The number of hydrogen-bond donors (Lipinski definition) is 5. The molecule has 2 aromatic rings. The first-order chi connectivity index (χ1) is 23.2. The smallest absolute Gasteiger partial charge is 0.335 e. The lowest BCUT2D eigenvalue weighted by Gasteiger charge is -2.48. The second-order valence-electron chi connectivity index (χ2n) is 12.2. The zero-order valence-corrected chi connectivity index (χ0v) is 28.1. The van der Waals surface area contributed by atoms with Gasteiger partial charge in [-0.25, -0.2) is 22.3 Å². The van der Waals surface area contributed by atoms with Crippen molar-refractivity contribution in [3.63, 3.8) is 0 Å². The molecule has 14 heteroatoms. The first-order valence-corrected chi connectivity index (χ1v) is 17.8. The van der Waals surface area contributed by atoms with Crippen LogP contribution in [0.5, 0.6) is 0 Å². The molecule has 0 spiro atoms. The van der Waals surface area contributed by atoms with Crippen LogP contribution in [0.25, 0.3) is 0 Å². The molecule has 7 atom stereocenters. The number of aryl methyl sites for hydroxylation is 1. The van der Waals surface area contributed by atoms with Gasteiger partial charge in [-0.1, -0.05) is 36.9 Å². The molecule has 0 aromatic heterocycles. The van der Waals surface area contributed by atoms with E-state index in [1.165, 1.54) is 24.3 Å². The largest absolute Gasteiger partial charge is 0.479 e. The molecule has 2 saturated heterocycles. The van der Waals surface area contributed by atoms with Gasteiger partial charge in [0.05, 0.1) is 30.4 Å². The monoisotopic (exact) mass is 702 g/mol. The number of ether oxygens (including phenoxy) is 2. The Morgan fingerprint density at radius 1 is 1.16 bits per heavy atom. The molecule has 1 unspecified atom stereocenters. The maximum Gasteiger partial charge on any atom is 0.335 e. The number of sulfonamides is 1. The number of halogens is 1. The van der Waals surface area contributed by atoms with Crippen LogP contribution < -0.4 is 9.62 Å². The molecule has 12 nitrogen and oxygen atoms in total. The van der Waals surface area contributed by atoms with Gasteiger partial charge >= 0.3 is 5.97 Å². The third-order valence-corrected chi connectivity index (χ3v) is 9.24. The Balaban J connectivity index is 1.48. The number of β-lactam (4-membered cyclic amide) rings is 1. The van der Waals surface area contributed by atoms with Gasteiger partial charge in [-0.3, -0.25) is 4.79 Å². The van der Waals surface area contributed by atoms with Crippen LogP contribution in [-0.4, -0.2) is 84.2 Å². The number of aliphatic hydroxyl groups excluding tert-OH is 3. The highest BCUT2D eigenvalue weighted by molar-refractivity contribution is 7.88. The number of nitrogens with zero attached hydrogens (tertiary/aromatic N) is 1. The number of carboxylic acids is 1. The van der Waals surface area contributed by atoms with E-state index in [1.807, 2.05) is 24.3 Å². The van der Waals surface area contributed by atoms with E-state index in [1.54, 1.807) is 30.1 Å². The summed E-state index contributed by atoms with van der Waals surface area (Å²) in [7, 11) is -3.27. The second kappa shape index (κ2) is 16.7. The second-order valence-corrected chi connectivity index (χ2v) is 14.0. The Kier molecular flexibility index (Phi) is 12.9.